The molecule has 1 nitrogen and oxygen atoms in total. The van der Waals surface area contributed by atoms with Crippen LogP contribution in [0.15, 0.2) is 78.9 Å². The molecule has 27 heavy (non-hydrogen) atoms. The van der Waals surface area contributed by atoms with Gasteiger partial charge in [0.15, 0.2) is 0 Å². The van der Waals surface area contributed by atoms with Gasteiger partial charge in [-0.3, -0.25) is 0 Å². The standard InChI is InChI=1S/C13H9.C7H9O.C3H6.2ClH.Zr/c1-3-7-12-10(5-1)9-11-6-2-4-8-13(11)12;8-6-5-7-3-1-2-4-7;1-3-2;;;/h1-9H;1-4,8H,5-6H2;1-2H3;2*1H;/q2*-1;;;;+2/p-2. The van der Waals surface area contributed by atoms with Gasteiger partial charge in [-0.25, -0.2) is 12.1 Å². The molecule has 0 saturated carbocycles. The average molecular weight is 479 g/mol. The Morgan fingerprint density at radius 1 is 0.852 bits per heavy atom. The van der Waals surface area contributed by atoms with Crippen LogP contribution < -0.4 is 24.8 Å². The largest absolute Gasteiger partial charge is 1.00 e. The maximum Gasteiger partial charge on any atom is 0.0451 e. The van der Waals surface area contributed by atoms with Gasteiger partial charge in [-0.1, -0.05) is 36.4 Å². The quantitative estimate of drug-likeness (QED) is 0.382. The zero-order valence-corrected chi connectivity index (χ0v) is 19.6. The first-order chi connectivity index (χ1) is 12.1. The smallest absolute Gasteiger partial charge is 0.0451 e. The van der Waals surface area contributed by atoms with E-state index < -0.39 is 0 Å². The molecular weight excluding hydrogens is 454 g/mol. The van der Waals surface area contributed by atoms with Crippen LogP contribution in [-0.2, 0) is 30.7 Å². The SMILES string of the molecule is C[C](C)=[Zr+2].OCCc1ccc[cH-]1.[Cl-].[Cl-].c1ccc2c(c1)[cH-]c1ccccc12. The first kappa shape index (κ1) is 26.0. The first-order valence-electron chi connectivity index (χ1n) is 8.48. The van der Waals surface area contributed by atoms with Crippen LogP contribution in [-0.4, -0.2) is 14.9 Å². The van der Waals surface area contributed by atoms with Crippen LogP contribution in [0.3, 0.4) is 0 Å². The molecule has 0 atom stereocenters. The van der Waals surface area contributed by atoms with Crippen LogP contribution in [0.25, 0.3) is 21.5 Å². The minimum Gasteiger partial charge on any atom is -1.00 e. The molecule has 0 bridgehead atoms. The van der Waals surface area contributed by atoms with E-state index in [9.17, 15) is 0 Å². The zero-order chi connectivity index (χ0) is 18.1. The van der Waals surface area contributed by atoms with E-state index in [0.29, 0.717) is 0 Å². The summed E-state index contributed by atoms with van der Waals surface area (Å²) in [5, 5.41) is 13.8. The summed E-state index contributed by atoms with van der Waals surface area (Å²) in [6.07, 6.45) is 0.785. The van der Waals surface area contributed by atoms with Crippen molar-refractivity contribution in [2.75, 3.05) is 6.61 Å². The van der Waals surface area contributed by atoms with Gasteiger partial charge >= 0.3 is 41.3 Å². The van der Waals surface area contributed by atoms with Crippen molar-refractivity contribution in [3.8, 4) is 0 Å². The molecule has 1 N–H and O–H groups in total. The fraction of sp³-hybridized carbons (Fsp3) is 0.174. The third-order valence-electron chi connectivity index (χ3n) is 3.65. The summed E-state index contributed by atoms with van der Waals surface area (Å²) in [6.45, 7) is 4.50. The Morgan fingerprint density at radius 3 is 1.74 bits per heavy atom. The molecule has 4 heteroatoms. The predicted molar refractivity (Wildman–Crippen MR) is 106 cm³/mol. The maximum atomic E-state index is 8.44. The number of rotatable bonds is 2. The summed E-state index contributed by atoms with van der Waals surface area (Å²) in [5.74, 6) is 0. The number of benzene rings is 2. The number of fused-ring (bicyclic) bond motifs is 3. The van der Waals surface area contributed by atoms with Crippen molar-refractivity contribution < 1.29 is 54.2 Å². The summed E-state index contributed by atoms with van der Waals surface area (Å²) in [5.41, 5.74) is 1.22. The van der Waals surface area contributed by atoms with E-state index in [-0.39, 0.29) is 31.4 Å². The zero-order valence-electron chi connectivity index (χ0n) is 15.6. The Balaban J connectivity index is 0.000000422. The van der Waals surface area contributed by atoms with Crippen molar-refractivity contribution >= 4 is 24.8 Å². The molecule has 0 aliphatic carbocycles. The van der Waals surface area contributed by atoms with E-state index in [2.05, 4.69) is 68.4 Å². The fourth-order valence-corrected chi connectivity index (χ4v) is 2.61. The molecule has 0 amide bonds. The summed E-state index contributed by atoms with van der Waals surface area (Å²) in [4.78, 5) is 0. The normalized spacial score (nSPS) is 9.22. The average Bonchev–Trinajstić information content (AvgIpc) is 3.22. The molecule has 0 saturated heterocycles. The molecule has 0 spiro atoms. The number of aliphatic hydroxyl groups excluding tert-OH is 1. The van der Waals surface area contributed by atoms with Crippen molar-refractivity contribution in [1.82, 2.24) is 0 Å². The molecular formula is C23H24Cl2OZr-2. The second kappa shape index (κ2) is 14.0. The van der Waals surface area contributed by atoms with Crippen molar-refractivity contribution in [2.24, 2.45) is 0 Å². The monoisotopic (exact) mass is 476 g/mol. The molecule has 4 aromatic rings. The van der Waals surface area contributed by atoms with Gasteiger partial charge in [-0.15, -0.1) is 39.7 Å². The molecule has 0 heterocycles. The van der Waals surface area contributed by atoms with Crippen LogP contribution in [0.2, 0.25) is 0 Å². The molecule has 0 radical (unpaired) electrons. The van der Waals surface area contributed by atoms with Crippen molar-refractivity contribution in [3.05, 3.63) is 84.4 Å². The third kappa shape index (κ3) is 8.66. The van der Waals surface area contributed by atoms with Crippen molar-refractivity contribution in [3.63, 3.8) is 0 Å². The Bertz CT molecular complexity index is 856. The summed E-state index contributed by atoms with van der Waals surface area (Å²) in [7, 11) is 0. The number of hydrogen-bond donors (Lipinski definition) is 1. The van der Waals surface area contributed by atoms with E-state index >= 15 is 0 Å². The van der Waals surface area contributed by atoms with Crippen LogP contribution in [0.1, 0.15) is 19.4 Å². The minimum atomic E-state index is 0. The van der Waals surface area contributed by atoms with E-state index in [1.54, 1.807) is 24.2 Å². The summed E-state index contributed by atoms with van der Waals surface area (Å²) < 4.78 is 1.51. The number of hydrogen-bond acceptors (Lipinski definition) is 1. The Kier molecular flexibility index (Phi) is 13.5. The molecule has 0 fully saturated rings. The molecule has 0 aromatic heterocycles. The van der Waals surface area contributed by atoms with Gasteiger partial charge in [-0.2, -0.15) is 17.7 Å². The molecule has 142 valence electrons. The van der Waals surface area contributed by atoms with Gasteiger partial charge in [0.05, 0.1) is 0 Å². The van der Waals surface area contributed by atoms with Crippen LogP contribution in [0, 0.1) is 0 Å². The Morgan fingerprint density at radius 2 is 1.33 bits per heavy atom. The van der Waals surface area contributed by atoms with Gasteiger partial charge in [0.25, 0.3) is 0 Å². The van der Waals surface area contributed by atoms with Crippen LogP contribution in [0.5, 0.6) is 0 Å². The van der Waals surface area contributed by atoms with E-state index in [1.165, 1.54) is 30.3 Å². The van der Waals surface area contributed by atoms with Gasteiger partial charge in [0, 0.05) is 6.61 Å². The summed E-state index contributed by atoms with van der Waals surface area (Å²) in [6, 6.07) is 27.2. The van der Waals surface area contributed by atoms with Gasteiger partial charge in [-0.05, 0) is 6.42 Å². The fourth-order valence-electron chi connectivity index (χ4n) is 2.61. The minimum absolute atomic E-state index is 0. The molecule has 4 rings (SSSR count). The van der Waals surface area contributed by atoms with E-state index in [1.807, 2.05) is 24.3 Å². The number of halogens is 2. The molecule has 0 aliphatic heterocycles. The van der Waals surface area contributed by atoms with Gasteiger partial charge in [0.1, 0.15) is 0 Å². The molecule has 4 aromatic carbocycles. The second-order valence-electron chi connectivity index (χ2n) is 6.09. The van der Waals surface area contributed by atoms with Gasteiger partial charge < -0.3 is 29.9 Å². The second-order valence-corrected chi connectivity index (χ2v) is 8.54. The topological polar surface area (TPSA) is 20.2 Å². The number of aliphatic hydroxyl groups is 1. The molecule has 0 aliphatic rings. The Labute approximate surface area is 189 Å². The van der Waals surface area contributed by atoms with E-state index in [4.69, 9.17) is 5.11 Å². The van der Waals surface area contributed by atoms with Crippen molar-refractivity contribution in [2.45, 2.75) is 20.3 Å². The van der Waals surface area contributed by atoms with Crippen LogP contribution >= 0.6 is 0 Å². The van der Waals surface area contributed by atoms with Crippen molar-refractivity contribution in [1.29, 1.82) is 0 Å². The molecule has 0 unspecified atom stereocenters. The predicted octanol–water partition coefficient (Wildman–Crippen LogP) is -0.594. The Hall–Kier alpha value is -1.05. The van der Waals surface area contributed by atoms with E-state index in [0.717, 1.165) is 6.42 Å². The third-order valence-corrected chi connectivity index (χ3v) is 3.65. The first-order valence-corrected chi connectivity index (χ1v) is 9.71. The van der Waals surface area contributed by atoms with Gasteiger partial charge in [0.2, 0.25) is 0 Å². The summed E-state index contributed by atoms with van der Waals surface area (Å²) >= 11 is 1.55. The van der Waals surface area contributed by atoms with Crippen LogP contribution in [0.4, 0.5) is 0 Å². The maximum absolute atomic E-state index is 8.44.